The van der Waals surface area contributed by atoms with Crippen LogP contribution in [0.4, 0.5) is 0 Å². The Hall–Kier alpha value is -1.29. The summed E-state index contributed by atoms with van der Waals surface area (Å²) < 4.78 is 5.35. The van der Waals surface area contributed by atoms with E-state index in [1.54, 1.807) is 13.3 Å². The number of phenolic OH excluding ortho intramolecular Hbond substituents is 1. The molecule has 1 aromatic rings. The predicted octanol–water partition coefficient (Wildman–Crippen LogP) is 3.55. The monoisotopic (exact) mass is 293 g/mol. The number of nitrogens with zero attached hydrogens (tertiary/aromatic N) is 1. The zero-order valence-electron chi connectivity index (χ0n) is 13.5. The summed E-state index contributed by atoms with van der Waals surface area (Å²) in [5, 5.41) is 11.5. The second-order valence-corrected chi connectivity index (χ2v) is 11.1. The number of ether oxygens (including phenoxy) is 1. The summed E-state index contributed by atoms with van der Waals surface area (Å²) in [5.74, 6) is 1.14. The summed E-state index contributed by atoms with van der Waals surface area (Å²) in [4.78, 5) is 4.57. The van der Waals surface area contributed by atoms with Crippen molar-refractivity contribution in [1.82, 2.24) is 0 Å². The molecule has 1 rings (SSSR count). The summed E-state index contributed by atoms with van der Waals surface area (Å²) >= 11 is 0. The van der Waals surface area contributed by atoms with Gasteiger partial charge in [-0.2, -0.15) is 0 Å². The summed E-state index contributed by atoms with van der Waals surface area (Å²) in [6.45, 7) is 10.9. The van der Waals surface area contributed by atoms with Crippen LogP contribution in [0.5, 0.6) is 11.5 Å². The zero-order valence-corrected chi connectivity index (χ0v) is 14.5. The lowest BCUT2D eigenvalue weighted by atomic mass is 10.1. The Morgan fingerprint density at radius 2 is 1.85 bits per heavy atom. The molecule has 112 valence electrons. The Kier molecular flexibility index (Phi) is 5.81. The van der Waals surface area contributed by atoms with E-state index in [1.165, 1.54) is 0 Å². The number of rotatable bonds is 6. The van der Waals surface area contributed by atoms with E-state index in [0.717, 1.165) is 29.3 Å². The Bertz CT molecular complexity index is 474. The number of benzene rings is 1. The van der Waals surface area contributed by atoms with Gasteiger partial charge in [-0.05, 0) is 30.2 Å². The van der Waals surface area contributed by atoms with Crippen molar-refractivity contribution in [3.05, 3.63) is 17.7 Å². The molecule has 3 nitrogen and oxygen atoms in total. The van der Waals surface area contributed by atoms with Crippen LogP contribution in [-0.4, -0.2) is 32.5 Å². The first kappa shape index (κ1) is 16.8. The maximum atomic E-state index is 10.5. The van der Waals surface area contributed by atoms with Gasteiger partial charge < -0.3 is 9.84 Å². The van der Waals surface area contributed by atoms with Crippen LogP contribution in [0.15, 0.2) is 17.1 Å². The number of aliphatic imine (C=N–C) groups is 1. The quantitative estimate of drug-likeness (QED) is 0.644. The minimum Gasteiger partial charge on any atom is -0.507 e. The van der Waals surface area contributed by atoms with E-state index in [0.29, 0.717) is 11.8 Å². The Morgan fingerprint density at radius 1 is 1.25 bits per heavy atom. The van der Waals surface area contributed by atoms with Gasteiger partial charge in [-0.1, -0.05) is 33.5 Å². The normalized spacial score (nSPS) is 12.3. The lowest BCUT2D eigenvalue weighted by molar-refractivity contribution is 0.413. The second kappa shape index (κ2) is 6.93. The largest absolute Gasteiger partial charge is 0.507 e. The molecule has 0 aromatic heterocycles. The van der Waals surface area contributed by atoms with Gasteiger partial charge in [-0.25, -0.2) is 0 Å². The lowest BCUT2D eigenvalue weighted by Gasteiger charge is -2.20. The molecule has 0 aliphatic heterocycles. The van der Waals surface area contributed by atoms with E-state index in [1.807, 2.05) is 12.1 Å². The molecular formula is C16H27NO2Si. The van der Waals surface area contributed by atoms with Gasteiger partial charge in [0.2, 0.25) is 0 Å². The maximum Gasteiger partial charge on any atom is 0.123 e. The topological polar surface area (TPSA) is 41.8 Å². The Labute approximate surface area is 123 Å². The molecule has 0 unspecified atom stereocenters. The van der Waals surface area contributed by atoms with Gasteiger partial charge in [-0.15, -0.1) is 0 Å². The number of phenols is 1. The molecule has 0 fully saturated rings. The third kappa shape index (κ3) is 4.10. The number of methoxy groups -OCH3 is 1. The molecule has 0 spiro atoms. The molecule has 20 heavy (non-hydrogen) atoms. The molecule has 0 aliphatic rings. The highest BCUT2D eigenvalue weighted by Crippen LogP contribution is 2.23. The summed E-state index contributed by atoms with van der Waals surface area (Å²) in [6, 6.07) is 4.12. The molecule has 0 aliphatic carbocycles. The van der Waals surface area contributed by atoms with Crippen molar-refractivity contribution >= 4 is 19.5 Å². The van der Waals surface area contributed by atoms with E-state index in [4.69, 9.17) is 4.74 Å². The molecule has 4 heteroatoms. The van der Waals surface area contributed by atoms with Crippen LogP contribution < -0.4 is 9.92 Å². The van der Waals surface area contributed by atoms with Crippen molar-refractivity contribution < 1.29 is 9.84 Å². The van der Waals surface area contributed by atoms with Crippen molar-refractivity contribution in [2.24, 2.45) is 4.99 Å². The van der Waals surface area contributed by atoms with Gasteiger partial charge in [-0.3, -0.25) is 4.99 Å². The van der Waals surface area contributed by atoms with Gasteiger partial charge in [0.25, 0.3) is 0 Å². The highest BCUT2D eigenvalue weighted by Gasteiger charge is 2.23. The molecule has 0 bridgehead atoms. The molecule has 0 radical (unpaired) electrons. The summed E-state index contributed by atoms with van der Waals surface area (Å²) in [6.07, 6.45) is 3.82. The molecular weight excluding hydrogens is 266 g/mol. The first-order valence-electron chi connectivity index (χ1n) is 7.28. The first-order chi connectivity index (χ1) is 9.33. The molecule has 0 saturated heterocycles. The highest BCUT2D eigenvalue weighted by atomic mass is 28.3. The standard InChI is InChI=1S/C16H27NO2Si/c1-7-13(8-2)17-11-12-9-14(19-3)10-15(16(12)18)20(4,5)6/h9-11,13,18H,7-8H2,1-6H3. The lowest BCUT2D eigenvalue weighted by Crippen LogP contribution is -2.38. The van der Waals surface area contributed by atoms with Gasteiger partial charge >= 0.3 is 0 Å². The van der Waals surface area contributed by atoms with Crippen LogP contribution in [-0.2, 0) is 0 Å². The second-order valence-electron chi connectivity index (χ2n) is 6.11. The van der Waals surface area contributed by atoms with Crippen molar-refractivity contribution in [3.8, 4) is 11.5 Å². The average molecular weight is 293 g/mol. The van der Waals surface area contributed by atoms with Crippen LogP contribution >= 0.6 is 0 Å². The van der Waals surface area contributed by atoms with Gasteiger partial charge in [0.1, 0.15) is 11.5 Å². The Morgan fingerprint density at radius 3 is 2.30 bits per heavy atom. The minimum absolute atomic E-state index is 0.316. The van der Waals surface area contributed by atoms with E-state index in [-0.39, 0.29) is 0 Å². The molecule has 0 amide bonds. The third-order valence-corrected chi connectivity index (χ3v) is 5.52. The SMILES string of the molecule is CCC(CC)N=Cc1cc(OC)cc([Si](C)(C)C)c1O. The fourth-order valence-corrected chi connectivity index (χ4v) is 3.53. The van der Waals surface area contributed by atoms with Gasteiger partial charge in [0, 0.05) is 17.8 Å². The fourth-order valence-electron chi connectivity index (χ4n) is 2.10. The van der Waals surface area contributed by atoms with Gasteiger partial charge in [0.05, 0.1) is 15.2 Å². The van der Waals surface area contributed by atoms with Crippen molar-refractivity contribution in [3.63, 3.8) is 0 Å². The molecule has 1 N–H and O–H groups in total. The summed E-state index contributed by atoms with van der Waals surface area (Å²) in [7, 11) is 0.0335. The molecule has 1 aromatic carbocycles. The summed E-state index contributed by atoms with van der Waals surface area (Å²) in [5.41, 5.74) is 0.758. The number of aromatic hydroxyl groups is 1. The molecule has 0 heterocycles. The number of hydrogen-bond acceptors (Lipinski definition) is 3. The van der Waals surface area contributed by atoms with Crippen molar-refractivity contribution in [1.29, 1.82) is 0 Å². The van der Waals surface area contributed by atoms with E-state index in [9.17, 15) is 5.11 Å². The third-order valence-electron chi connectivity index (χ3n) is 3.52. The Balaban J connectivity index is 3.25. The zero-order chi connectivity index (χ0) is 15.3. The number of hydrogen-bond donors (Lipinski definition) is 1. The fraction of sp³-hybridized carbons (Fsp3) is 0.562. The average Bonchev–Trinajstić information content (AvgIpc) is 2.40. The van der Waals surface area contributed by atoms with E-state index < -0.39 is 8.07 Å². The van der Waals surface area contributed by atoms with Crippen molar-refractivity contribution in [2.75, 3.05) is 7.11 Å². The maximum absolute atomic E-state index is 10.5. The van der Waals surface area contributed by atoms with Gasteiger partial charge in [0.15, 0.2) is 0 Å². The van der Waals surface area contributed by atoms with E-state index >= 15 is 0 Å². The van der Waals surface area contributed by atoms with Crippen LogP contribution in [0.3, 0.4) is 0 Å². The predicted molar refractivity (Wildman–Crippen MR) is 89.6 cm³/mol. The highest BCUT2D eigenvalue weighted by molar-refractivity contribution is 6.89. The van der Waals surface area contributed by atoms with Crippen LogP contribution in [0.1, 0.15) is 32.3 Å². The smallest absolute Gasteiger partial charge is 0.123 e. The van der Waals surface area contributed by atoms with Crippen LogP contribution in [0.25, 0.3) is 0 Å². The van der Waals surface area contributed by atoms with E-state index in [2.05, 4.69) is 38.5 Å². The first-order valence-corrected chi connectivity index (χ1v) is 10.8. The molecule has 0 saturated carbocycles. The minimum atomic E-state index is -1.62. The van der Waals surface area contributed by atoms with Crippen molar-refractivity contribution in [2.45, 2.75) is 52.4 Å². The molecule has 0 atom stereocenters. The van der Waals surface area contributed by atoms with Crippen LogP contribution in [0.2, 0.25) is 19.6 Å². The van der Waals surface area contributed by atoms with Crippen LogP contribution in [0, 0.1) is 0 Å².